The van der Waals surface area contributed by atoms with Gasteiger partial charge in [-0.15, -0.1) is 24.0 Å². The van der Waals surface area contributed by atoms with Gasteiger partial charge in [-0.25, -0.2) is 4.99 Å². The summed E-state index contributed by atoms with van der Waals surface area (Å²) in [5.41, 5.74) is 3.68. The maximum Gasteiger partial charge on any atom is 0.242 e. The third-order valence-corrected chi connectivity index (χ3v) is 3.42. The molecule has 0 saturated heterocycles. The van der Waals surface area contributed by atoms with Crippen molar-refractivity contribution in [1.29, 1.82) is 0 Å². The Kier molecular flexibility index (Phi) is 10.7. The van der Waals surface area contributed by atoms with Gasteiger partial charge in [-0.1, -0.05) is 23.8 Å². The van der Waals surface area contributed by atoms with Gasteiger partial charge in [0.2, 0.25) is 5.91 Å². The minimum atomic E-state index is -0.235. The molecule has 0 saturated carbocycles. The summed E-state index contributed by atoms with van der Waals surface area (Å²) in [6.45, 7) is 13.8. The third kappa shape index (κ3) is 10.3. The second kappa shape index (κ2) is 11.3. The second-order valence-corrected chi connectivity index (χ2v) is 7.10. The molecular weight excluding hydrogens is 427 g/mol. The molecule has 1 aromatic carbocycles. The molecule has 142 valence electrons. The van der Waals surface area contributed by atoms with Crippen molar-refractivity contribution >= 4 is 35.8 Å². The van der Waals surface area contributed by atoms with Gasteiger partial charge in [0.1, 0.15) is 6.54 Å². The van der Waals surface area contributed by atoms with Gasteiger partial charge in [-0.05, 0) is 59.1 Å². The van der Waals surface area contributed by atoms with Crippen LogP contribution in [0.25, 0.3) is 0 Å². The Hall–Kier alpha value is -1.31. The lowest BCUT2D eigenvalue weighted by molar-refractivity contribution is -0.121. The van der Waals surface area contributed by atoms with Crippen LogP contribution in [0.5, 0.6) is 0 Å². The number of aryl methyl sites for hydroxylation is 2. The highest BCUT2D eigenvalue weighted by atomic mass is 127. The van der Waals surface area contributed by atoms with Crippen LogP contribution in [-0.4, -0.2) is 37.0 Å². The van der Waals surface area contributed by atoms with Gasteiger partial charge >= 0.3 is 0 Å². The molecule has 0 aliphatic rings. The molecular formula is C19H33IN4O. The van der Waals surface area contributed by atoms with Gasteiger partial charge in [0.25, 0.3) is 0 Å². The number of nitrogens with one attached hydrogen (secondary N) is 3. The van der Waals surface area contributed by atoms with E-state index in [1.165, 1.54) is 16.7 Å². The maximum absolute atomic E-state index is 11.9. The van der Waals surface area contributed by atoms with Crippen molar-refractivity contribution in [1.82, 2.24) is 16.0 Å². The van der Waals surface area contributed by atoms with Crippen LogP contribution < -0.4 is 16.0 Å². The van der Waals surface area contributed by atoms with E-state index in [4.69, 9.17) is 0 Å². The third-order valence-electron chi connectivity index (χ3n) is 3.42. The molecule has 0 heterocycles. The fourth-order valence-corrected chi connectivity index (χ4v) is 2.39. The van der Waals surface area contributed by atoms with Crippen LogP contribution in [-0.2, 0) is 11.2 Å². The predicted molar refractivity (Wildman–Crippen MR) is 117 cm³/mol. The second-order valence-electron chi connectivity index (χ2n) is 7.10. The number of hydrogen-bond acceptors (Lipinski definition) is 2. The average molecular weight is 460 g/mol. The van der Waals surface area contributed by atoms with Crippen LogP contribution in [0.2, 0.25) is 0 Å². The Labute approximate surface area is 169 Å². The molecule has 0 aliphatic heterocycles. The molecule has 1 amide bonds. The van der Waals surface area contributed by atoms with E-state index in [0.717, 1.165) is 19.5 Å². The summed E-state index contributed by atoms with van der Waals surface area (Å²) in [4.78, 5) is 16.2. The summed E-state index contributed by atoms with van der Waals surface area (Å²) in [6.07, 6.45) is 0.921. The molecule has 0 bridgehead atoms. The zero-order chi connectivity index (χ0) is 18.2. The van der Waals surface area contributed by atoms with Crippen molar-refractivity contribution in [2.24, 2.45) is 4.99 Å². The fraction of sp³-hybridized carbons (Fsp3) is 0.579. The first-order valence-electron chi connectivity index (χ1n) is 8.60. The molecule has 1 rings (SSSR count). The summed E-state index contributed by atoms with van der Waals surface area (Å²) in [7, 11) is 0. The van der Waals surface area contributed by atoms with E-state index in [1.807, 2.05) is 27.7 Å². The normalized spacial score (nSPS) is 11.5. The number of aliphatic imine (C=N–C) groups is 1. The molecule has 25 heavy (non-hydrogen) atoms. The molecule has 3 N–H and O–H groups in total. The molecule has 0 atom stereocenters. The monoisotopic (exact) mass is 460 g/mol. The van der Waals surface area contributed by atoms with Gasteiger partial charge in [0, 0.05) is 18.6 Å². The van der Waals surface area contributed by atoms with E-state index >= 15 is 0 Å². The van der Waals surface area contributed by atoms with Gasteiger partial charge in [0.15, 0.2) is 5.96 Å². The quantitative estimate of drug-likeness (QED) is 0.348. The van der Waals surface area contributed by atoms with Crippen molar-refractivity contribution in [2.75, 3.05) is 19.6 Å². The molecule has 0 unspecified atom stereocenters. The zero-order valence-corrected chi connectivity index (χ0v) is 18.7. The van der Waals surface area contributed by atoms with Crippen LogP contribution >= 0.6 is 24.0 Å². The first kappa shape index (κ1) is 23.7. The number of hydrogen-bond donors (Lipinski definition) is 3. The van der Waals surface area contributed by atoms with Crippen LogP contribution in [0.3, 0.4) is 0 Å². The summed E-state index contributed by atoms with van der Waals surface area (Å²) < 4.78 is 0. The number of halogens is 1. The van der Waals surface area contributed by atoms with Gasteiger partial charge in [-0.3, -0.25) is 4.79 Å². The van der Waals surface area contributed by atoms with Gasteiger partial charge in [-0.2, -0.15) is 0 Å². The molecule has 1 aromatic rings. The van der Waals surface area contributed by atoms with Crippen molar-refractivity contribution in [3.05, 3.63) is 34.9 Å². The Bertz CT molecular complexity index is 579. The lowest BCUT2D eigenvalue weighted by atomic mass is 10.0. The minimum Gasteiger partial charge on any atom is -0.357 e. The van der Waals surface area contributed by atoms with E-state index in [9.17, 15) is 4.79 Å². The standard InChI is InChI=1S/C19H32N4O.HI/c1-7-20-18(22-13-17(24)23-19(4,5)6)21-11-10-16-9-8-14(2)12-15(16)3;/h8-9,12H,7,10-11,13H2,1-6H3,(H,23,24)(H2,20,21,22);1H. The van der Waals surface area contributed by atoms with E-state index < -0.39 is 0 Å². The molecule has 0 fully saturated rings. The van der Waals surface area contributed by atoms with E-state index in [2.05, 4.69) is 53.0 Å². The van der Waals surface area contributed by atoms with Gasteiger partial charge < -0.3 is 16.0 Å². The SMILES string of the molecule is CCNC(=NCC(=O)NC(C)(C)C)NCCc1ccc(C)cc1C.I. The average Bonchev–Trinajstić information content (AvgIpc) is 2.45. The zero-order valence-electron chi connectivity index (χ0n) is 16.3. The summed E-state index contributed by atoms with van der Waals surface area (Å²) in [5.74, 6) is 0.598. The number of rotatable bonds is 6. The van der Waals surface area contributed by atoms with Gasteiger partial charge in [0.05, 0.1) is 0 Å². The van der Waals surface area contributed by atoms with E-state index in [0.29, 0.717) is 5.96 Å². The number of amides is 1. The molecule has 5 nitrogen and oxygen atoms in total. The summed E-state index contributed by atoms with van der Waals surface area (Å²) in [6, 6.07) is 6.51. The highest BCUT2D eigenvalue weighted by Gasteiger charge is 2.13. The molecule has 0 aromatic heterocycles. The highest BCUT2D eigenvalue weighted by molar-refractivity contribution is 14.0. The maximum atomic E-state index is 11.9. The first-order chi connectivity index (χ1) is 11.2. The van der Waals surface area contributed by atoms with E-state index in [1.54, 1.807) is 0 Å². The largest absolute Gasteiger partial charge is 0.357 e. The smallest absolute Gasteiger partial charge is 0.242 e. The molecule has 6 heteroatoms. The molecule has 0 aliphatic carbocycles. The Balaban J connectivity index is 0.00000576. The summed E-state index contributed by atoms with van der Waals surface area (Å²) in [5, 5.41) is 9.37. The highest BCUT2D eigenvalue weighted by Crippen LogP contribution is 2.10. The van der Waals surface area contributed by atoms with Crippen molar-refractivity contribution < 1.29 is 4.79 Å². The minimum absolute atomic E-state index is 0. The van der Waals surface area contributed by atoms with Crippen molar-refractivity contribution in [2.45, 2.75) is 53.5 Å². The Morgan fingerprint density at radius 2 is 1.84 bits per heavy atom. The van der Waals surface area contributed by atoms with Crippen molar-refractivity contribution in [3.8, 4) is 0 Å². The summed E-state index contributed by atoms with van der Waals surface area (Å²) >= 11 is 0. The van der Waals surface area contributed by atoms with Crippen LogP contribution in [0.1, 0.15) is 44.4 Å². The number of carbonyl (C=O) groups is 1. The van der Waals surface area contributed by atoms with Crippen molar-refractivity contribution in [3.63, 3.8) is 0 Å². The van der Waals surface area contributed by atoms with E-state index in [-0.39, 0.29) is 42.0 Å². The lowest BCUT2D eigenvalue weighted by Crippen LogP contribution is -2.43. The predicted octanol–water partition coefficient (Wildman–Crippen LogP) is 2.93. The molecule has 0 spiro atoms. The topological polar surface area (TPSA) is 65.5 Å². The first-order valence-corrected chi connectivity index (χ1v) is 8.60. The lowest BCUT2D eigenvalue weighted by Gasteiger charge is -2.20. The van der Waals surface area contributed by atoms with Crippen LogP contribution in [0, 0.1) is 13.8 Å². The fourth-order valence-electron chi connectivity index (χ4n) is 2.39. The number of nitrogens with zero attached hydrogens (tertiary/aromatic N) is 1. The molecule has 0 radical (unpaired) electrons. The number of carbonyl (C=O) groups excluding carboxylic acids is 1. The number of benzene rings is 1. The number of guanidine groups is 1. The van der Waals surface area contributed by atoms with Crippen LogP contribution in [0.15, 0.2) is 23.2 Å². The Morgan fingerprint density at radius 1 is 1.16 bits per heavy atom. The van der Waals surface area contributed by atoms with Crippen LogP contribution in [0.4, 0.5) is 0 Å². The Morgan fingerprint density at radius 3 is 2.40 bits per heavy atom.